The summed E-state index contributed by atoms with van der Waals surface area (Å²) in [5.74, 6) is 0.745. The average Bonchev–Trinajstić information content (AvgIpc) is 3.25. The number of nitrogens with one attached hydrogen (secondary N) is 3. The van der Waals surface area contributed by atoms with Crippen molar-refractivity contribution in [1.29, 1.82) is 0 Å². The quantitative estimate of drug-likeness (QED) is 0.160. The first-order chi connectivity index (χ1) is 17.8. The smallest absolute Gasteiger partial charge is 0.325 e. The van der Waals surface area contributed by atoms with Crippen LogP contribution in [-0.2, 0) is 11.2 Å². The highest BCUT2D eigenvalue weighted by atomic mass is 32.2. The number of rotatable bonds is 10. The van der Waals surface area contributed by atoms with Gasteiger partial charge in [0.15, 0.2) is 5.16 Å². The molecule has 2 heterocycles. The van der Waals surface area contributed by atoms with E-state index in [1.54, 1.807) is 28.8 Å². The number of nitro benzene ring substituents is 1. The number of nitro groups is 1. The molecule has 13 nitrogen and oxygen atoms in total. The standard InChI is InChI=1S/C23H21N7O6S/c1-2-36-18-9-7-16(8-10-18)29-19(11-15-12-20(31)26-22(33)25-15)27-28-23(29)37-13-21(32)24-14-3-5-17(6-4-14)30(34)35/h3-10,12H,2,11,13H2,1H3,(H,24,32)(H2,25,26,31,33). The second-order valence-corrected chi connectivity index (χ2v) is 8.53. The highest BCUT2D eigenvalue weighted by Crippen LogP contribution is 2.25. The number of hydrogen-bond donors (Lipinski definition) is 3. The molecule has 2 aromatic heterocycles. The highest BCUT2D eigenvalue weighted by molar-refractivity contribution is 7.99. The first-order valence-electron chi connectivity index (χ1n) is 11.0. The monoisotopic (exact) mass is 523 g/mol. The summed E-state index contributed by atoms with van der Waals surface area (Å²) in [6, 6.07) is 13.9. The van der Waals surface area contributed by atoms with E-state index >= 15 is 0 Å². The molecule has 1 amide bonds. The molecule has 4 aromatic rings. The maximum absolute atomic E-state index is 12.5. The van der Waals surface area contributed by atoms with Crippen LogP contribution in [0.2, 0.25) is 0 Å². The fraction of sp³-hybridized carbons (Fsp3) is 0.174. The lowest BCUT2D eigenvalue weighted by Gasteiger charge is -2.11. The number of carbonyl (C=O) groups excluding carboxylic acids is 1. The number of amides is 1. The lowest BCUT2D eigenvalue weighted by Crippen LogP contribution is -2.23. The maximum atomic E-state index is 12.5. The van der Waals surface area contributed by atoms with Crippen molar-refractivity contribution in [3.05, 3.63) is 97.1 Å². The number of carbonyl (C=O) groups is 1. The molecule has 37 heavy (non-hydrogen) atoms. The molecule has 0 saturated carbocycles. The Balaban J connectivity index is 1.56. The summed E-state index contributed by atoms with van der Waals surface area (Å²) in [4.78, 5) is 50.9. The SMILES string of the molecule is CCOc1ccc(-n2c(Cc3cc(=O)[nH]c(=O)[nH]3)nnc2SCC(=O)Nc2ccc([N+](=O)[O-])cc2)cc1. The van der Waals surface area contributed by atoms with E-state index in [9.17, 15) is 24.5 Å². The van der Waals surface area contributed by atoms with Crippen molar-refractivity contribution in [2.45, 2.75) is 18.5 Å². The second-order valence-electron chi connectivity index (χ2n) is 7.59. The number of anilines is 1. The zero-order valence-electron chi connectivity index (χ0n) is 19.5. The molecule has 3 N–H and O–H groups in total. The third-order valence-electron chi connectivity index (χ3n) is 4.97. The van der Waals surface area contributed by atoms with E-state index in [1.165, 1.54) is 30.3 Å². The van der Waals surface area contributed by atoms with Crippen LogP contribution >= 0.6 is 11.8 Å². The third-order valence-corrected chi connectivity index (χ3v) is 5.89. The predicted molar refractivity (Wildman–Crippen MR) is 135 cm³/mol. The van der Waals surface area contributed by atoms with Crippen LogP contribution in [0.4, 0.5) is 11.4 Å². The van der Waals surface area contributed by atoms with E-state index < -0.39 is 16.2 Å². The minimum atomic E-state index is -0.632. The summed E-state index contributed by atoms with van der Waals surface area (Å²) >= 11 is 1.13. The first-order valence-corrected chi connectivity index (χ1v) is 12.0. The van der Waals surface area contributed by atoms with Crippen LogP contribution in [0, 0.1) is 10.1 Å². The molecule has 0 spiro atoms. The van der Waals surface area contributed by atoms with Gasteiger partial charge in [-0.15, -0.1) is 10.2 Å². The number of nitrogens with zero attached hydrogens (tertiary/aromatic N) is 4. The van der Waals surface area contributed by atoms with Crippen LogP contribution in [0.3, 0.4) is 0 Å². The maximum Gasteiger partial charge on any atom is 0.325 e. The fourth-order valence-corrected chi connectivity index (χ4v) is 4.18. The lowest BCUT2D eigenvalue weighted by molar-refractivity contribution is -0.384. The van der Waals surface area contributed by atoms with Gasteiger partial charge in [0.05, 0.1) is 17.3 Å². The first kappa shape index (κ1) is 25.4. The molecule has 0 atom stereocenters. The largest absolute Gasteiger partial charge is 0.494 e. The molecule has 4 rings (SSSR count). The number of H-pyrrole nitrogens is 2. The number of ether oxygens (including phenoxy) is 1. The van der Waals surface area contributed by atoms with Crippen LogP contribution < -0.4 is 21.3 Å². The van der Waals surface area contributed by atoms with Crippen molar-refractivity contribution < 1.29 is 14.5 Å². The van der Waals surface area contributed by atoms with Crippen molar-refractivity contribution in [3.63, 3.8) is 0 Å². The van der Waals surface area contributed by atoms with Crippen molar-refractivity contribution in [2.75, 3.05) is 17.7 Å². The summed E-state index contributed by atoms with van der Waals surface area (Å²) < 4.78 is 7.22. The number of aromatic nitrogens is 5. The summed E-state index contributed by atoms with van der Waals surface area (Å²) in [6.45, 7) is 2.39. The Morgan fingerprint density at radius 3 is 2.49 bits per heavy atom. The molecule has 14 heteroatoms. The number of hydrogen-bond acceptors (Lipinski definition) is 9. The molecule has 190 valence electrons. The third kappa shape index (κ3) is 6.49. The molecule has 0 unspecified atom stereocenters. The van der Waals surface area contributed by atoms with E-state index in [0.29, 0.717) is 40.4 Å². The van der Waals surface area contributed by atoms with Crippen LogP contribution in [0.25, 0.3) is 5.69 Å². The topological polar surface area (TPSA) is 178 Å². The second kappa shape index (κ2) is 11.3. The van der Waals surface area contributed by atoms with E-state index in [0.717, 1.165) is 11.8 Å². The van der Waals surface area contributed by atoms with Crippen molar-refractivity contribution in [3.8, 4) is 11.4 Å². The Hall–Kier alpha value is -4.72. The van der Waals surface area contributed by atoms with Crippen molar-refractivity contribution >= 4 is 29.0 Å². The average molecular weight is 524 g/mol. The number of aromatic amines is 2. The fourth-order valence-electron chi connectivity index (χ4n) is 3.40. The van der Waals surface area contributed by atoms with Gasteiger partial charge in [-0.2, -0.15) is 0 Å². The van der Waals surface area contributed by atoms with Crippen LogP contribution in [-0.4, -0.2) is 47.9 Å². The van der Waals surface area contributed by atoms with Crippen LogP contribution in [0.5, 0.6) is 5.75 Å². The Morgan fingerprint density at radius 2 is 1.84 bits per heavy atom. The van der Waals surface area contributed by atoms with Gasteiger partial charge in [0.1, 0.15) is 11.6 Å². The Bertz CT molecular complexity index is 1500. The lowest BCUT2D eigenvalue weighted by atomic mass is 10.2. The predicted octanol–water partition coefficient (Wildman–Crippen LogP) is 2.27. The summed E-state index contributed by atoms with van der Waals surface area (Å²) in [7, 11) is 0. The van der Waals surface area contributed by atoms with Gasteiger partial charge < -0.3 is 15.0 Å². The number of benzene rings is 2. The van der Waals surface area contributed by atoms with E-state index in [4.69, 9.17) is 4.74 Å². The zero-order chi connectivity index (χ0) is 26.4. The normalized spacial score (nSPS) is 10.7. The summed E-state index contributed by atoms with van der Waals surface area (Å²) in [5.41, 5.74) is 0.207. The van der Waals surface area contributed by atoms with Crippen LogP contribution in [0.1, 0.15) is 18.4 Å². The molecule has 0 fully saturated rings. The Morgan fingerprint density at radius 1 is 1.11 bits per heavy atom. The molecule has 0 bridgehead atoms. The Labute approximate surface area is 213 Å². The van der Waals surface area contributed by atoms with E-state index in [-0.39, 0.29) is 23.8 Å². The minimum Gasteiger partial charge on any atom is -0.494 e. The molecule has 0 radical (unpaired) electrons. The number of non-ortho nitro benzene ring substituents is 1. The van der Waals surface area contributed by atoms with Gasteiger partial charge in [-0.1, -0.05) is 11.8 Å². The molecule has 0 aliphatic carbocycles. The number of thioether (sulfide) groups is 1. The molecule has 0 aliphatic heterocycles. The highest BCUT2D eigenvalue weighted by Gasteiger charge is 2.17. The molecular formula is C23H21N7O6S. The molecular weight excluding hydrogens is 502 g/mol. The zero-order valence-corrected chi connectivity index (χ0v) is 20.3. The van der Waals surface area contributed by atoms with E-state index in [2.05, 4.69) is 25.5 Å². The Kier molecular flexibility index (Phi) is 7.78. The van der Waals surface area contributed by atoms with Gasteiger partial charge in [0.2, 0.25) is 5.91 Å². The molecule has 0 aliphatic rings. The van der Waals surface area contributed by atoms with E-state index in [1.807, 2.05) is 6.92 Å². The van der Waals surface area contributed by atoms with Gasteiger partial charge >= 0.3 is 5.69 Å². The summed E-state index contributed by atoms with van der Waals surface area (Å²) in [5, 5.41) is 22.3. The van der Waals surface area contributed by atoms with Gasteiger partial charge in [-0.05, 0) is 43.3 Å². The summed E-state index contributed by atoms with van der Waals surface area (Å²) in [6.07, 6.45) is 0.106. The van der Waals surface area contributed by atoms with Gasteiger partial charge in [0.25, 0.3) is 11.2 Å². The van der Waals surface area contributed by atoms with Gasteiger partial charge in [0, 0.05) is 41.7 Å². The molecule has 0 saturated heterocycles. The van der Waals surface area contributed by atoms with Gasteiger partial charge in [-0.3, -0.25) is 29.3 Å². The minimum absolute atomic E-state index is 0.0199. The van der Waals surface area contributed by atoms with Crippen molar-refractivity contribution in [2.24, 2.45) is 0 Å². The van der Waals surface area contributed by atoms with Crippen LogP contribution in [0.15, 0.2) is 69.3 Å². The van der Waals surface area contributed by atoms with Crippen molar-refractivity contribution in [1.82, 2.24) is 24.7 Å². The molecule has 2 aromatic carbocycles. The van der Waals surface area contributed by atoms with Gasteiger partial charge in [-0.25, -0.2) is 4.79 Å².